The fourth-order valence-corrected chi connectivity index (χ4v) is 11.3. The standard InChI is InChI=1S/C58H34N4OS/c1-3-14-35(15-4-1)54-56-55(47-33-38(28-31-52(47)63-56)40-21-13-22-45-44-20-9-12-25-53(44)64-57(40)45)60-58(59-54)62-49-24-11-7-18-41(49)43-29-26-37(34-51(43)62)36-27-30-50-46(32-36)42-19-8-10-23-48(42)61(50)39-16-5-2-6-17-39/h1-34H. The second kappa shape index (κ2) is 13.6. The number of thiophene rings is 1. The first-order valence-corrected chi connectivity index (χ1v) is 22.4. The first kappa shape index (κ1) is 35.3. The van der Waals surface area contributed by atoms with Crippen LogP contribution >= 0.6 is 11.3 Å². The van der Waals surface area contributed by atoms with E-state index in [1.165, 1.54) is 47.5 Å². The Labute approximate surface area is 370 Å². The molecule has 0 atom stereocenters. The van der Waals surface area contributed by atoms with E-state index in [1.807, 2.05) is 17.4 Å². The number of fused-ring (bicyclic) bond motifs is 12. The molecule has 5 heterocycles. The number of hydrogen-bond acceptors (Lipinski definition) is 4. The maximum atomic E-state index is 6.75. The number of hydrogen-bond donors (Lipinski definition) is 0. The van der Waals surface area contributed by atoms with Crippen molar-refractivity contribution >= 4 is 97.2 Å². The normalized spacial score (nSPS) is 12.1. The average Bonchev–Trinajstić information content (AvgIpc) is 4.11. The third kappa shape index (κ3) is 5.17. The predicted molar refractivity (Wildman–Crippen MR) is 267 cm³/mol. The zero-order valence-electron chi connectivity index (χ0n) is 34.2. The van der Waals surface area contributed by atoms with E-state index in [-0.39, 0.29) is 0 Å². The number of benzene rings is 9. The minimum absolute atomic E-state index is 0.593. The van der Waals surface area contributed by atoms with Gasteiger partial charge in [0.2, 0.25) is 5.95 Å². The van der Waals surface area contributed by atoms with Crippen molar-refractivity contribution in [3.05, 3.63) is 206 Å². The van der Waals surface area contributed by atoms with Gasteiger partial charge in [-0.2, -0.15) is 0 Å². The van der Waals surface area contributed by atoms with Crippen molar-refractivity contribution in [2.45, 2.75) is 0 Å². The van der Waals surface area contributed by atoms with E-state index in [2.05, 4.69) is 209 Å². The van der Waals surface area contributed by atoms with Crippen LogP contribution in [-0.4, -0.2) is 19.1 Å². The number of nitrogens with zero attached hydrogens (tertiary/aromatic N) is 4. The van der Waals surface area contributed by atoms with Crippen molar-refractivity contribution in [3.8, 4) is 45.1 Å². The fourth-order valence-electron chi connectivity index (χ4n) is 10.0. The summed E-state index contributed by atoms with van der Waals surface area (Å²) in [6.07, 6.45) is 0. The van der Waals surface area contributed by atoms with E-state index in [9.17, 15) is 0 Å². The molecular weight excluding hydrogens is 801 g/mol. The van der Waals surface area contributed by atoms with E-state index in [1.54, 1.807) is 0 Å². The Morgan fingerprint density at radius 3 is 1.86 bits per heavy atom. The van der Waals surface area contributed by atoms with Crippen molar-refractivity contribution < 1.29 is 4.42 Å². The number of rotatable bonds is 5. The Morgan fingerprint density at radius 1 is 0.391 bits per heavy atom. The van der Waals surface area contributed by atoms with E-state index in [0.717, 1.165) is 71.9 Å². The third-order valence-electron chi connectivity index (χ3n) is 13.0. The van der Waals surface area contributed by atoms with Gasteiger partial charge in [0.25, 0.3) is 0 Å². The van der Waals surface area contributed by atoms with Gasteiger partial charge in [-0.1, -0.05) is 146 Å². The summed E-state index contributed by atoms with van der Waals surface area (Å²) in [5.41, 5.74) is 14.1. The van der Waals surface area contributed by atoms with Gasteiger partial charge in [0.1, 0.15) is 16.8 Å². The van der Waals surface area contributed by atoms with E-state index in [0.29, 0.717) is 11.5 Å². The molecule has 9 aromatic carbocycles. The summed E-state index contributed by atoms with van der Waals surface area (Å²) >= 11 is 1.84. The van der Waals surface area contributed by atoms with Crippen LogP contribution in [0.3, 0.4) is 0 Å². The van der Waals surface area contributed by atoms with Crippen LogP contribution < -0.4 is 0 Å². The quantitative estimate of drug-likeness (QED) is 0.174. The Morgan fingerprint density at radius 2 is 1.02 bits per heavy atom. The molecule has 64 heavy (non-hydrogen) atoms. The molecule has 0 aliphatic rings. The van der Waals surface area contributed by atoms with Crippen molar-refractivity contribution in [3.63, 3.8) is 0 Å². The van der Waals surface area contributed by atoms with Gasteiger partial charge in [-0.25, -0.2) is 9.97 Å². The molecule has 298 valence electrons. The number of aromatic nitrogens is 4. The topological polar surface area (TPSA) is 48.8 Å². The summed E-state index contributed by atoms with van der Waals surface area (Å²) < 4.78 is 13.9. The highest BCUT2D eigenvalue weighted by atomic mass is 32.1. The summed E-state index contributed by atoms with van der Waals surface area (Å²) in [5.74, 6) is 0.593. The van der Waals surface area contributed by atoms with Gasteiger partial charge in [0.15, 0.2) is 5.58 Å². The highest BCUT2D eigenvalue weighted by molar-refractivity contribution is 7.26. The van der Waals surface area contributed by atoms with Gasteiger partial charge in [-0.05, 0) is 82.9 Å². The lowest BCUT2D eigenvalue weighted by molar-refractivity contribution is 0.666. The summed E-state index contributed by atoms with van der Waals surface area (Å²) in [6, 6.07) is 73.7. The second-order valence-corrected chi connectivity index (χ2v) is 17.6. The van der Waals surface area contributed by atoms with Crippen LogP contribution in [0.1, 0.15) is 0 Å². The zero-order chi connectivity index (χ0) is 41.9. The average molecular weight is 835 g/mol. The molecular formula is C58H34N4OS. The molecule has 0 saturated carbocycles. The molecule has 0 radical (unpaired) electrons. The zero-order valence-corrected chi connectivity index (χ0v) is 35.1. The first-order chi connectivity index (χ1) is 31.7. The molecule has 0 aliphatic carbocycles. The highest BCUT2D eigenvalue weighted by Gasteiger charge is 2.23. The predicted octanol–water partition coefficient (Wildman–Crippen LogP) is 15.9. The van der Waals surface area contributed by atoms with Crippen LogP contribution in [0.15, 0.2) is 211 Å². The maximum Gasteiger partial charge on any atom is 0.236 e. The van der Waals surface area contributed by atoms with Gasteiger partial charge in [0.05, 0.1) is 22.1 Å². The molecule has 0 spiro atoms. The van der Waals surface area contributed by atoms with Gasteiger partial charge < -0.3 is 8.98 Å². The van der Waals surface area contributed by atoms with Gasteiger partial charge in [0, 0.05) is 58.4 Å². The van der Waals surface area contributed by atoms with Crippen LogP contribution in [0.2, 0.25) is 0 Å². The highest BCUT2D eigenvalue weighted by Crippen LogP contribution is 2.43. The van der Waals surface area contributed by atoms with Crippen molar-refractivity contribution in [2.75, 3.05) is 0 Å². The monoisotopic (exact) mass is 834 g/mol. The van der Waals surface area contributed by atoms with Crippen molar-refractivity contribution in [2.24, 2.45) is 0 Å². The molecule has 0 aliphatic heterocycles. The fraction of sp³-hybridized carbons (Fsp3) is 0. The molecule has 0 fully saturated rings. The van der Waals surface area contributed by atoms with Crippen molar-refractivity contribution in [1.82, 2.24) is 19.1 Å². The SMILES string of the molecule is c1ccc(-c2nc(-n3c4ccccc4c4ccc(-c5ccc6c(c5)c5ccccc5n6-c5ccccc5)cc43)nc3c2oc2ccc(-c4cccc5c4sc4ccccc45)cc23)cc1. The minimum atomic E-state index is 0.593. The van der Waals surface area contributed by atoms with Crippen LogP contribution in [0.4, 0.5) is 0 Å². The van der Waals surface area contributed by atoms with E-state index in [4.69, 9.17) is 14.4 Å². The van der Waals surface area contributed by atoms with Crippen LogP contribution in [-0.2, 0) is 0 Å². The lowest BCUT2D eigenvalue weighted by atomic mass is 10.0. The van der Waals surface area contributed by atoms with E-state index >= 15 is 0 Å². The van der Waals surface area contributed by atoms with Gasteiger partial charge in [-0.3, -0.25) is 4.57 Å². The maximum absolute atomic E-state index is 6.75. The van der Waals surface area contributed by atoms with Gasteiger partial charge >= 0.3 is 0 Å². The molecule has 14 rings (SSSR count). The number of furan rings is 1. The molecule has 0 amide bonds. The first-order valence-electron chi connectivity index (χ1n) is 21.6. The Hall–Kier alpha value is -8.32. The number of para-hydroxylation sites is 3. The molecule has 6 heteroatoms. The van der Waals surface area contributed by atoms with Crippen LogP contribution in [0, 0.1) is 0 Å². The van der Waals surface area contributed by atoms with Crippen LogP contribution in [0.25, 0.3) is 131 Å². The molecule has 0 bridgehead atoms. The molecule has 0 unspecified atom stereocenters. The molecule has 5 nitrogen and oxygen atoms in total. The lowest BCUT2D eigenvalue weighted by Crippen LogP contribution is -2.03. The summed E-state index contributed by atoms with van der Waals surface area (Å²) in [5, 5.41) is 8.24. The second-order valence-electron chi connectivity index (χ2n) is 16.5. The minimum Gasteiger partial charge on any atom is -0.452 e. The van der Waals surface area contributed by atoms with Gasteiger partial charge in [-0.15, -0.1) is 11.3 Å². The Bertz CT molecular complexity index is 4190. The van der Waals surface area contributed by atoms with Crippen LogP contribution in [0.5, 0.6) is 0 Å². The summed E-state index contributed by atoms with van der Waals surface area (Å²) in [4.78, 5) is 10.9. The smallest absolute Gasteiger partial charge is 0.236 e. The van der Waals surface area contributed by atoms with E-state index < -0.39 is 0 Å². The third-order valence-corrected chi connectivity index (χ3v) is 14.2. The Balaban J connectivity index is 0.997. The molecule has 0 saturated heterocycles. The summed E-state index contributed by atoms with van der Waals surface area (Å²) in [6.45, 7) is 0. The molecule has 0 N–H and O–H groups in total. The van der Waals surface area contributed by atoms with Crippen molar-refractivity contribution in [1.29, 1.82) is 0 Å². The summed E-state index contributed by atoms with van der Waals surface area (Å²) in [7, 11) is 0. The largest absolute Gasteiger partial charge is 0.452 e. The Kier molecular flexibility index (Phi) is 7.49. The molecule has 5 aromatic heterocycles. The molecule has 14 aromatic rings. The lowest BCUT2D eigenvalue weighted by Gasteiger charge is -2.11.